The Hall–Kier alpha value is -2.21. The maximum atomic E-state index is 12.5. The van der Waals surface area contributed by atoms with E-state index in [9.17, 15) is 8.42 Å². The number of hydrogen-bond acceptors (Lipinski definition) is 4. The molecule has 2 aromatic carbocycles. The Morgan fingerprint density at radius 3 is 2.42 bits per heavy atom. The third-order valence-corrected chi connectivity index (χ3v) is 5.17. The normalized spacial score (nSPS) is 14.0. The van der Waals surface area contributed by atoms with Crippen molar-refractivity contribution >= 4 is 15.7 Å². The van der Waals surface area contributed by atoms with E-state index in [4.69, 9.17) is 9.47 Å². The summed E-state index contributed by atoms with van der Waals surface area (Å²) in [5.41, 5.74) is 1.59. The minimum Gasteiger partial charge on any atom is -0.490 e. The van der Waals surface area contributed by atoms with E-state index in [1.807, 2.05) is 12.1 Å². The molecule has 24 heavy (non-hydrogen) atoms. The largest absolute Gasteiger partial charge is 0.490 e. The van der Waals surface area contributed by atoms with Crippen LogP contribution in [0.15, 0.2) is 47.4 Å². The fourth-order valence-corrected chi connectivity index (χ4v) is 3.61. The second-order valence-corrected chi connectivity index (χ2v) is 7.39. The van der Waals surface area contributed by atoms with Gasteiger partial charge in [0.05, 0.1) is 23.8 Å². The van der Waals surface area contributed by atoms with Gasteiger partial charge in [0, 0.05) is 12.5 Å². The third kappa shape index (κ3) is 3.82. The average Bonchev–Trinajstić information content (AvgIpc) is 2.80. The highest BCUT2D eigenvalue weighted by atomic mass is 32.2. The summed E-state index contributed by atoms with van der Waals surface area (Å²) in [4.78, 5) is 0.245. The van der Waals surface area contributed by atoms with E-state index < -0.39 is 10.0 Å². The molecule has 1 N–H and O–H groups in total. The van der Waals surface area contributed by atoms with Crippen molar-refractivity contribution in [1.29, 1.82) is 0 Å². The van der Waals surface area contributed by atoms with E-state index in [2.05, 4.69) is 11.6 Å². The lowest BCUT2D eigenvalue weighted by molar-refractivity contribution is 0.297. The molecule has 0 amide bonds. The Balaban J connectivity index is 1.80. The van der Waals surface area contributed by atoms with Crippen LogP contribution in [0.2, 0.25) is 0 Å². The van der Waals surface area contributed by atoms with E-state index in [1.165, 1.54) is 0 Å². The zero-order valence-corrected chi connectivity index (χ0v) is 14.4. The molecule has 0 fully saturated rings. The Morgan fingerprint density at radius 1 is 1.00 bits per heavy atom. The molecule has 0 aromatic heterocycles. The van der Waals surface area contributed by atoms with Crippen molar-refractivity contribution in [3.63, 3.8) is 0 Å². The maximum Gasteiger partial charge on any atom is 0.261 e. The van der Waals surface area contributed by atoms with Crippen LogP contribution in [-0.2, 0) is 16.4 Å². The highest BCUT2D eigenvalue weighted by molar-refractivity contribution is 7.92. The highest BCUT2D eigenvalue weighted by Crippen LogP contribution is 2.33. The third-order valence-electron chi connectivity index (χ3n) is 3.77. The number of rotatable bonds is 5. The van der Waals surface area contributed by atoms with E-state index in [0.717, 1.165) is 24.8 Å². The summed E-state index contributed by atoms with van der Waals surface area (Å²) in [7, 11) is -3.63. The smallest absolute Gasteiger partial charge is 0.261 e. The van der Waals surface area contributed by atoms with Crippen molar-refractivity contribution in [1.82, 2.24) is 0 Å². The summed E-state index contributed by atoms with van der Waals surface area (Å²) in [5.74, 6) is 1.20. The highest BCUT2D eigenvalue weighted by Gasteiger charge is 2.16. The van der Waals surface area contributed by atoms with Crippen molar-refractivity contribution in [2.24, 2.45) is 0 Å². The van der Waals surface area contributed by atoms with Crippen molar-refractivity contribution in [3.05, 3.63) is 48.0 Å². The summed E-state index contributed by atoms with van der Waals surface area (Å²) in [6.07, 6.45) is 2.78. The SMILES string of the molecule is CCCc1ccc(S(=O)(=O)Nc2ccc3c(c2)OCCCO3)cc1. The molecule has 1 aliphatic rings. The van der Waals surface area contributed by atoms with E-state index in [0.29, 0.717) is 30.4 Å². The molecule has 0 atom stereocenters. The molecule has 1 aliphatic heterocycles. The van der Waals surface area contributed by atoms with Gasteiger partial charge < -0.3 is 9.47 Å². The molecule has 0 bridgehead atoms. The molecule has 3 rings (SSSR count). The Bertz CT molecular complexity index is 800. The molecule has 0 saturated heterocycles. The first-order valence-electron chi connectivity index (χ1n) is 8.10. The number of nitrogens with one attached hydrogen (secondary N) is 1. The standard InChI is InChI=1S/C18H21NO4S/c1-2-4-14-5-8-16(9-6-14)24(20,21)19-15-7-10-17-18(13-15)23-12-3-11-22-17/h5-10,13,19H,2-4,11-12H2,1H3. The van der Waals surface area contributed by atoms with Gasteiger partial charge in [0.2, 0.25) is 0 Å². The monoisotopic (exact) mass is 347 g/mol. The molecular formula is C18H21NO4S. The van der Waals surface area contributed by atoms with Gasteiger partial charge in [-0.2, -0.15) is 0 Å². The first kappa shape index (κ1) is 16.6. The topological polar surface area (TPSA) is 64.6 Å². The van der Waals surface area contributed by atoms with Gasteiger partial charge in [-0.15, -0.1) is 0 Å². The van der Waals surface area contributed by atoms with Crippen LogP contribution in [0.4, 0.5) is 5.69 Å². The second-order valence-electron chi connectivity index (χ2n) is 5.71. The number of ether oxygens (including phenoxy) is 2. The number of benzene rings is 2. The molecule has 0 saturated carbocycles. The number of fused-ring (bicyclic) bond motifs is 1. The van der Waals surface area contributed by atoms with Gasteiger partial charge in [-0.1, -0.05) is 25.5 Å². The van der Waals surface area contributed by atoms with Crippen LogP contribution >= 0.6 is 0 Å². The first-order chi connectivity index (χ1) is 11.6. The van der Waals surface area contributed by atoms with Crippen LogP contribution in [0.25, 0.3) is 0 Å². The minimum atomic E-state index is -3.63. The van der Waals surface area contributed by atoms with Crippen LogP contribution < -0.4 is 14.2 Å². The Kier molecular flexibility index (Phi) is 4.94. The minimum absolute atomic E-state index is 0.245. The Morgan fingerprint density at radius 2 is 1.71 bits per heavy atom. The summed E-state index contributed by atoms with van der Waals surface area (Å²) in [5, 5.41) is 0. The first-order valence-corrected chi connectivity index (χ1v) is 9.58. The number of sulfonamides is 1. The molecule has 0 aliphatic carbocycles. The van der Waals surface area contributed by atoms with Gasteiger partial charge in [-0.3, -0.25) is 4.72 Å². The number of anilines is 1. The number of hydrogen-bond donors (Lipinski definition) is 1. The van der Waals surface area contributed by atoms with Crippen LogP contribution in [0.3, 0.4) is 0 Å². The van der Waals surface area contributed by atoms with Crippen LogP contribution in [-0.4, -0.2) is 21.6 Å². The fourth-order valence-electron chi connectivity index (χ4n) is 2.56. The van der Waals surface area contributed by atoms with E-state index in [1.54, 1.807) is 30.3 Å². The van der Waals surface area contributed by atoms with Gasteiger partial charge in [0.25, 0.3) is 10.0 Å². The quantitative estimate of drug-likeness (QED) is 0.897. The summed E-state index contributed by atoms with van der Waals surface area (Å²) in [6.45, 7) is 3.25. The molecule has 6 heteroatoms. The van der Waals surface area contributed by atoms with Crippen LogP contribution in [0.5, 0.6) is 11.5 Å². The predicted molar refractivity (Wildman–Crippen MR) is 93.3 cm³/mol. The second kappa shape index (κ2) is 7.13. The van der Waals surface area contributed by atoms with Crippen molar-refractivity contribution in [2.45, 2.75) is 31.1 Å². The molecule has 0 spiro atoms. The fraction of sp³-hybridized carbons (Fsp3) is 0.333. The van der Waals surface area contributed by atoms with Gasteiger partial charge in [0.15, 0.2) is 11.5 Å². The van der Waals surface area contributed by atoms with Gasteiger partial charge in [0.1, 0.15) is 0 Å². The molecule has 5 nitrogen and oxygen atoms in total. The van der Waals surface area contributed by atoms with Gasteiger partial charge in [-0.05, 0) is 36.2 Å². The predicted octanol–water partition coefficient (Wildman–Crippen LogP) is 3.60. The summed E-state index contributed by atoms with van der Waals surface area (Å²) < 4.78 is 38.8. The van der Waals surface area contributed by atoms with E-state index >= 15 is 0 Å². The summed E-state index contributed by atoms with van der Waals surface area (Å²) >= 11 is 0. The number of aryl methyl sites for hydroxylation is 1. The lowest BCUT2D eigenvalue weighted by Crippen LogP contribution is -2.13. The van der Waals surface area contributed by atoms with Crippen molar-refractivity contribution < 1.29 is 17.9 Å². The van der Waals surface area contributed by atoms with Crippen molar-refractivity contribution in [2.75, 3.05) is 17.9 Å². The lowest BCUT2D eigenvalue weighted by Gasteiger charge is -2.12. The van der Waals surface area contributed by atoms with E-state index in [-0.39, 0.29) is 4.90 Å². The average molecular weight is 347 g/mol. The molecule has 128 valence electrons. The zero-order chi connectivity index (χ0) is 17.0. The lowest BCUT2D eigenvalue weighted by atomic mass is 10.1. The van der Waals surface area contributed by atoms with Crippen LogP contribution in [0, 0.1) is 0 Å². The van der Waals surface area contributed by atoms with Gasteiger partial charge >= 0.3 is 0 Å². The molecular weight excluding hydrogens is 326 g/mol. The molecule has 2 aromatic rings. The Labute approximate surface area is 142 Å². The molecule has 0 unspecified atom stereocenters. The molecule has 1 heterocycles. The zero-order valence-electron chi connectivity index (χ0n) is 13.6. The van der Waals surface area contributed by atoms with Gasteiger partial charge in [-0.25, -0.2) is 8.42 Å². The maximum absolute atomic E-state index is 12.5. The summed E-state index contributed by atoms with van der Waals surface area (Å²) in [6, 6.07) is 12.0. The molecule has 0 radical (unpaired) electrons. The van der Waals surface area contributed by atoms with Crippen molar-refractivity contribution in [3.8, 4) is 11.5 Å². The van der Waals surface area contributed by atoms with Crippen LogP contribution in [0.1, 0.15) is 25.3 Å².